The first-order chi connectivity index (χ1) is 6.84. The van der Waals surface area contributed by atoms with Crippen LogP contribution in [0.4, 0.5) is 0 Å². The van der Waals surface area contributed by atoms with E-state index in [2.05, 4.69) is 5.32 Å². The molecule has 0 aromatic carbocycles. The molecule has 1 rings (SSSR count). The summed E-state index contributed by atoms with van der Waals surface area (Å²) in [6.07, 6.45) is 3.79. The fourth-order valence-electron chi connectivity index (χ4n) is 1.67. The summed E-state index contributed by atoms with van der Waals surface area (Å²) in [5.41, 5.74) is 5.38. The number of amides is 1. The van der Waals surface area contributed by atoms with E-state index in [-0.39, 0.29) is 0 Å². The molecule has 14 heavy (non-hydrogen) atoms. The van der Waals surface area contributed by atoms with Crippen LogP contribution >= 0.6 is 0 Å². The Hall–Kier alpha value is -0.610. The largest absolute Gasteiger partial charge is 0.340 e. The predicted octanol–water partition coefficient (Wildman–Crippen LogP) is -0.0627. The second-order valence-electron chi connectivity index (χ2n) is 3.73. The van der Waals surface area contributed by atoms with Gasteiger partial charge in [0.25, 0.3) is 0 Å². The van der Waals surface area contributed by atoms with Gasteiger partial charge in [-0.3, -0.25) is 4.79 Å². The number of nitrogens with one attached hydrogen (secondary N) is 1. The number of nitrogens with zero attached hydrogens (tertiary/aromatic N) is 1. The first-order valence-electron chi connectivity index (χ1n) is 5.53. The van der Waals surface area contributed by atoms with Crippen molar-refractivity contribution in [2.75, 3.05) is 32.7 Å². The molecule has 0 spiro atoms. The molecule has 0 atom stereocenters. The number of piperazine rings is 1. The molecule has 1 aliphatic rings. The zero-order chi connectivity index (χ0) is 10.2. The van der Waals surface area contributed by atoms with Gasteiger partial charge < -0.3 is 16.0 Å². The molecule has 1 heterocycles. The zero-order valence-electron chi connectivity index (χ0n) is 8.80. The molecule has 0 saturated carbocycles. The molecule has 0 aliphatic carbocycles. The van der Waals surface area contributed by atoms with E-state index >= 15 is 0 Å². The molecule has 3 N–H and O–H groups in total. The van der Waals surface area contributed by atoms with Crippen LogP contribution in [-0.4, -0.2) is 43.5 Å². The third kappa shape index (κ3) is 4.07. The molecule has 4 nitrogen and oxygen atoms in total. The SMILES string of the molecule is NCCCCCC(=O)N1CCNCC1. The van der Waals surface area contributed by atoms with E-state index in [0.717, 1.165) is 52.0 Å². The van der Waals surface area contributed by atoms with Gasteiger partial charge in [0.15, 0.2) is 0 Å². The number of hydrogen-bond acceptors (Lipinski definition) is 3. The van der Waals surface area contributed by atoms with Crippen LogP contribution in [0, 0.1) is 0 Å². The minimum absolute atomic E-state index is 0.309. The van der Waals surface area contributed by atoms with E-state index in [1.165, 1.54) is 0 Å². The van der Waals surface area contributed by atoms with Crippen molar-refractivity contribution in [1.29, 1.82) is 0 Å². The van der Waals surface area contributed by atoms with E-state index in [0.29, 0.717) is 12.3 Å². The van der Waals surface area contributed by atoms with Crippen LogP contribution in [0.1, 0.15) is 25.7 Å². The lowest BCUT2D eigenvalue weighted by Gasteiger charge is -2.27. The third-order valence-electron chi connectivity index (χ3n) is 2.56. The first kappa shape index (κ1) is 11.5. The van der Waals surface area contributed by atoms with E-state index in [9.17, 15) is 4.79 Å². The molecule has 1 fully saturated rings. The molecule has 1 aliphatic heterocycles. The molecular weight excluding hydrogens is 178 g/mol. The molecule has 82 valence electrons. The third-order valence-corrected chi connectivity index (χ3v) is 2.56. The van der Waals surface area contributed by atoms with Crippen molar-refractivity contribution in [3.63, 3.8) is 0 Å². The first-order valence-corrected chi connectivity index (χ1v) is 5.53. The average Bonchev–Trinajstić information content (AvgIpc) is 2.25. The maximum Gasteiger partial charge on any atom is 0.222 e. The van der Waals surface area contributed by atoms with Gasteiger partial charge >= 0.3 is 0 Å². The smallest absolute Gasteiger partial charge is 0.222 e. The fourth-order valence-corrected chi connectivity index (χ4v) is 1.67. The van der Waals surface area contributed by atoms with Crippen LogP contribution in [0.2, 0.25) is 0 Å². The summed E-state index contributed by atoms with van der Waals surface area (Å²) in [4.78, 5) is 13.6. The number of nitrogens with two attached hydrogens (primary N) is 1. The van der Waals surface area contributed by atoms with Crippen molar-refractivity contribution >= 4 is 5.91 Å². The normalized spacial score (nSPS) is 17.1. The molecule has 0 bridgehead atoms. The molecule has 0 radical (unpaired) electrons. The molecule has 1 amide bonds. The molecule has 0 aromatic heterocycles. The van der Waals surface area contributed by atoms with Gasteiger partial charge in [-0.15, -0.1) is 0 Å². The highest BCUT2D eigenvalue weighted by Gasteiger charge is 2.14. The predicted molar refractivity (Wildman–Crippen MR) is 57.0 cm³/mol. The number of carbonyl (C=O) groups excluding carboxylic acids is 1. The lowest BCUT2D eigenvalue weighted by Crippen LogP contribution is -2.46. The topological polar surface area (TPSA) is 58.4 Å². The van der Waals surface area contributed by atoms with E-state index in [4.69, 9.17) is 5.73 Å². The number of unbranched alkanes of at least 4 members (excludes halogenated alkanes) is 2. The summed E-state index contributed by atoms with van der Waals surface area (Å²) < 4.78 is 0. The molecule has 0 unspecified atom stereocenters. The Morgan fingerprint density at radius 1 is 1.21 bits per heavy atom. The quantitative estimate of drug-likeness (QED) is 0.610. The summed E-state index contributed by atoms with van der Waals surface area (Å²) in [5.74, 6) is 0.309. The Kier molecular flexibility index (Phi) is 5.56. The Morgan fingerprint density at radius 2 is 1.93 bits per heavy atom. The van der Waals surface area contributed by atoms with Crippen molar-refractivity contribution in [1.82, 2.24) is 10.2 Å². The van der Waals surface area contributed by atoms with Crippen LogP contribution in [0.5, 0.6) is 0 Å². The number of rotatable bonds is 5. The Balaban J connectivity index is 2.07. The van der Waals surface area contributed by atoms with Gasteiger partial charge in [-0.1, -0.05) is 6.42 Å². The van der Waals surface area contributed by atoms with Crippen LogP contribution < -0.4 is 11.1 Å². The van der Waals surface area contributed by atoms with Crippen molar-refractivity contribution in [3.05, 3.63) is 0 Å². The van der Waals surface area contributed by atoms with E-state index < -0.39 is 0 Å². The summed E-state index contributed by atoms with van der Waals surface area (Å²) in [6.45, 7) is 4.36. The molecule has 4 heteroatoms. The van der Waals surface area contributed by atoms with Gasteiger partial charge in [-0.05, 0) is 19.4 Å². The maximum atomic E-state index is 11.6. The summed E-state index contributed by atoms with van der Waals surface area (Å²) in [6, 6.07) is 0. The van der Waals surface area contributed by atoms with Crippen LogP contribution in [-0.2, 0) is 4.79 Å². The van der Waals surface area contributed by atoms with Crippen molar-refractivity contribution in [3.8, 4) is 0 Å². The van der Waals surface area contributed by atoms with Gasteiger partial charge in [0.1, 0.15) is 0 Å². The van der Waals surface area contributed by atoms with E-state index in [1.54, 1.807) is 0 Å². The highest BCUT2D eigenvalue weighted by atomic mass is 16.2. The molecule has 0 aromatic rings. The van der Waals surface area contributed by atoms with Gasteiger partial charge in [-0.2, -0.15) is 0 Å². The minimum atomic E-state index is 0.309. The second kappa shape index (κ2) is 6.79. The highest BCUT2D eigenvalue weighted by Crippen LogP contribution is 2.03. The number of hydrogen-bond donors (Lipinski definition) is 2. The zero-order valence-corrected chi connectivity index (χ0v) is 8.80. The van der Waals surface area contributed by atoms with Crippen molar-refractivity contribution in [2.45, 2.75) is 25.7 Å². The Morgan fingerprint density at radius 3 is 2.57 bits per heavy atom. The fraction of sp³-hybridized carbons (Fsp3) is 0.900. The highest BCUT2D eigenvalue weighted by molar-refractivity contribution is 5.76. The van der Waals surface area contributed by atoms with Gasteiger partial charge in [0, 0.05) is 32.6 Å². The van der Waals surface area contributed by atoms with Gasteiger partial charge in [-0.25, -0.2) is 0 Å². The monoisotopic (exact) mass is 199 g/mol. The van der Waals surface area contributed by atoms with Gasteiger partial charge in [0.05, 0.1) is 0 Å². The molecule has 1 saturated heterocycles. The van der Waals surface area contributed by atoms with Crippen LogP contribution in [0.3, 0.4) is 0 Å². The summed E-state index contributed by atoms with van der Waals surface area (Å²) in [7, 11) is 0. The van der Waals surface area contributed by atoms with E-state index in [1.807, 2.05) is 4.90 Å². The standard InChI is InChI=1S/C10H21N3O/c11-5-3-1-2-4-10(14)13-8-6-12-7-9-13/h12H,1-9,11H2. The molecular formula is C10H21N3O. The average molecular weight is 199 g/mol. The lowest BCUT2D eigenvalue weighted by molar-refractivity contribution is -0.131. The second-order valence-corrected chi connectivity index (χ2v) is 3.73. The maximum absolute atomic E-state index is 11.6. The van der Waals surface area contributed by atoms with Crippen molar-refractivity contribution < 1.29 is 4.79 Å². The lowest BCUT2D eigenvalue weighted by atomic mass is 10.1. The Bertz CT molecular complexity index is 167. The minimum Gasteiger partial charge on any atom is -0.340 e. The summed E-state index contributed by atoms with van der Waals surface area (Å²) >= 11 is 0. The summed E-state index contributed by atoms with van der Waals surface area (Å²) in [5, 5.41) is 3.24. The van der Waals surface area contributed by atoms with Crippen LogP contribution in [0.15, 0.2) is 0 Å². The van der Waals surface area contributed by atoms with Crippen molar-refractivity contribution in [2.24, 2.45) is 5.73 Å². The van der Waals surface area contributed by atoms with Crippen LogP contribution in [0.25, 0.3) is 0 Å². The number of carbonyl (C=O) groups is 1. The Labute approximate surface area is 85.8 Å². The van der Waals surface area contributed by atoms with Gasteiger partial charge in [0.2, 0.25) is 5.91 Å².